The number of rotatable bonds is 5. The molecule has 1 fully saturated rings. The zero-order valence-corrected chi connectivity index (χ0v) is 17.1. The molecule has 0 saturated carbocycles. The van der Waals surface area contributed by atoms with Crippen molar-refractivity contribution in [1.29, 1.82) is 0 Å². The van der Waals surface area contributed by atoms with E-state index in [1.165, 1.54) is 11.1 Å². The van der Waals surface area contributed by atoms with Crippen LogP contribution in [0.4, 0.5) is 0 Å². The van der Waals surface area contributed by atoms with Crippen LogP contribution in [-0.4, -0.2) is 40.1 Å². The number of nitrogens with zero attached hydrogens (tertiary/aromatic N) is 2. The molecule has 150 valence electrons. The number of carbonyl (C=O) groups excluding carboxylic acids is 1. The number of hydrogen-bond donors (Lipinski definition) is 1. The number of para-hydroxylation sites is 1. The predicted octanol–water partition coefficient (Wildman–Crippen LogP) is 3.96. The second kappa shape index (κ2) is 8.34. The summed E-state index contributed by atoms with van der Waals surface area (Å²) < 4.78 is 0. The fourth-order valence-corrected chi connectivity index (χ4v) is 4.18. The van der Waals surface area contributed by atoms with Crippen molar-refractivity contribution in [2.24, 2.45) is 5.92 Å². The number of amides is 1. The quantitative estimate of drug-likeness (QED) is 0.720. The first kappa shape index (κ1) is 19.6. The number of aliphatic hydroxyl groups excluding tert-OH is 1. The maximum absolute atomic E-state index is 12.8. The van der Waals surface area contributed by atoms with Crippen LogP contribution in [0.3, 0.4) is 0 Å². The van der Waals surface area contributed by atoms with Crippen molar-refractivity contribution in [3.63, 3.8) is 0 Å². The highest BCUT2D eigenvalue weighted by molar-refractivity contribution is 5.82. The Hall–Kier alpha value is -2.72. The maximum atomic E-state index is 12.8. The van der Waals surface area contributed by atoms with Gasteiger partial charge in [0.25, 0.3) is 0 Å². The minimum Gasteiger partial charge on any atom is -0.391 e. The molecule has 4 heteroatoms. The smallest absolute Gasteiger partial charge is 0.227 e. The van der Waals surface area contributed by atoms with Crippen molar-refractivity contribution in [3.8, 4) is 0 Å². The molecule has 2 aromatic carbocycles. The number of benzene rings is 2. The lowest BCUT2D eigenvalue weighted by Gasteiger charge is -2.17. The van der Waals surface area contributed by atoms with Crippen molar-refractivity contribution in [3.05, 3.63) is 77.5 Å². The average molecular weight is 389 g/mol. The van der Waals surface area contributed by atoms with Crippen molar-refractivity contribution >= 4 is 16.8 Å². The summed E-state index contributed by atoms with van der Waals surface area (Å²) in [5.41, 5.74) is 4.45. The Morgan fingerprint density at radius 1 is 1.10 bits per heavy atom. The molecular formula is C25H28N2O2. The molecule has 0 aliphatic carbocycles. The lowest BCUT2D eigenvalue weighted by atomic mass is 9.94. The Labute approximate surface area is 172 Å². The molecule has 0 bridgehead atoms. The lowest BCUT2D eigenvalue weighted by molar-refractivity contribution is -0.129. The van der Waals surface area contributed by atoms with Gasteiger partial charge in [-0.2, -0.15) is 0 Å². The summed E-state index contributed by atoms with van der Waals surface area (Å²) in [6.45, 7) is 5.34. The van der Waals surface area contributed by atoms with E-state index < -0.39 is 6.10 Å². The molecule has 2 heterocycles. The van der Waals surface area contributed by atoms with Crippen molar-refractivity contribution in [2.45, 2.75) is 38.7 Å². The molecule has 4 nitrogen and oxygen atoms in total. The van der Waals surface area contributed by atoms with Gasteiger partial charge in [0.15, 0.2) is 0 Å². The van der Waals surface area contributed by atoms with E-state index in [0.29, 0.717) is 25.4 Å². The number of aliphatic hydroxyl groups is 1. The molecular weight excluding hydrogens is 360 g/mol. The van der Waals surface area contributed by atoms with Crippen molar-refractivity contribution < 1.29 is 9.90 Å². The van der Waals surface area contributed by atoms with Crippen LogP contribution in [0.1, 0.15) is 36.5 Å². The number of aromatic nitrogens is 1. The Balaban J connectivity index is 1.42. The molecule has 29 heavy (non-hydrogen) atoms. The molecule has 1 aliphatic heterocycles. The average Bonchev–Trinajstić information content (AvgIpc) is 3.09. The SMILES string of the molecule is CC(C)c1ccc(CC(=O)N2C[C@@H](Cc3ccnc4ccccc34)[C@H](O)C2)cc1. The van der Waals surface area contributed by atoms with Gasteiger partial charge in [-0.15, -0.1) is 0 Å². The topological polar surface area (TPSA) is 53.4 Å². The van der Waals surface area contributed by atoms with E-state index in [-0.39, 0.29) is 11.8 Å². The highest BCUT2D eigenvalue weighted by atomic mass is 16.3. The van der Waals surface area contributed by atoms with Crippen molar-refractivity contribution in [1.82, 2.24) is 9.88 Å². The summed E-state index contributed by atoms with van der Waals surface area (Å²) in [5, 5.41) is 11.7. The van der Waals surface area contributed by atoms with Gasteiger partial charge < -0.3 is 10.0 Å². The molecule has 1 saturated heterocycles. The third kappa shape index (κ3) is 4.33. The van der Waals surface area contributed by atoms with Gasteiger partial charge in [-0.3, -0.25) is 9.78 Å². The molecule has 0 unspecified atom stereocenters. The van der Waals surface area contributed by atoms with E-state index in [1.54, 1.807) is 0 Å². The first-order valence-electron chi connectivity index (χ1n) is 10.4. The van der Waals surface area contributed by atoms with Gasteiger partial charge >= 0.3 is 0 Å². The van der Waals surface area contributed by atoms with E-state index in [9.17, 15) is 9.90 Å². The van der Waals surface area contributed by atoms with Crippen LogP contribution in [0.25, 0.3) is 10.9 Å². The summed E-state index contributed by atoms with van der Waals surface area (Å²) in [6.07, 6.45) is 2.46. The van der Waals surface area contributed by atoms with E-state index in [0.717, 1.165) is 22.9 Å². The second-order valence-corrected chi connectivity index (χ2v) is 8.39. The van der Waals surface area contributed by atoms with E-state index in [1.807, 2.05) is 47.5 Å². The van der Waals surface area contributed by atoms with Gasteiger partial charge in [-0.05, 0) is 41.2 Å². The molecule has 0 radical (unpaired) electrons. The Morgan fingerprint density at radius 2 is 1.86 bits per heavy atom. The zero-order chi connectivity index (χ0) is 20.4. The fraction of sp³-hybridized carbons (Fsp3) is 0.360. The van der Waals surface area contributed by atoms with Gasteiger partial charge in [0.05, 0.1) is 18.0 Å². The van der Waals surface area contributed by atoms with E-state index in [4.69, 9.17) is 0 Å². The summed E-state index contributed by atoms with van der Waals surface area (Å²) >= 11 is 0. The van der Waals surface area contributed by atoms with Gasteiger partial charge in [0.2, 0.25) is 5.91 Å². The number of carbonyl (C=O) groups is 1. The summed E-state index contributed by atoms with van der Waals surface area (Å²) in [6, 6.07) is 18.4. The lowest BCUT2D eigenvalue weighted by Crippen LogP contribution is -2.31. The molecule has 1 amide bonds. The van der Waals surface area contributed by atoms with Crippen LogP contribution in [0.15, 0.2) is 60.8 Å². The maximum Gasteiger partial charge on any atom is 0.227 e. The van der Waals surface area contributed by atoms with Crippen LogP contribution < -0.4 is 0 Å². The summed E-state index contributed by atoms with van der Waals surface area (Å²) in [7, 11) is 0. The van der Waals surface area contributed by atoms with Crippen LogP contribution in [0.2, 0.25) is 0 Å². The molecule has 0 spiro atoms. The summed E-state index contributed by atoms with van der Waals surface area (Å²) in [4.78, 5) is 19.0. The fourth-order valence-electron chi connectivity index (χ4n) is 4.18. The van der Waals surface area contributed by atoms with E-state index in [2.05, 4.69) is 37.0 Å². The molecule has 2 atom stereocenters. The van der Waals surface area contributed by atoms with Crippen LogP contribution >= 0.6 is 0 Å². The minimum atomic E-state index is -0.491. The molecule has 3 aromatic rings. The summed E-state index contributed by atoms with van der Waals surface area (Å²) in [5.74, 6) is 0.620. The monoisotopic (exact) mass is 388 g/mol. The largest absolute Gasteiger partial charge is 0.391 e. The normalized spacial score (nSPS) is 19.2. The highest BCUT2D eigenvalue weighted by Gasteiger charge is 2.34. The molecule has 4 rings (SSSR count). The van der Waals surface area contributed by atoms with Gasteiger partial charge in [0, 0.05) is 30.6 Å². The van der Waals surface area contributed by atoms with Crippen molar-refractivity contribution in [2.75, 3.05) is 13.1 Å². The number of hydrogen-bond acceptors (Lipinski definition) is 3. The van der Waals surface area contributed by atoms with E-state index >= 15 is 0 Å². The number of likely N-dealkylation sites (tertiary alicyclic amines) is 1. The van der Waals surface area contributed by atoms with Gasteiger partial charge in [-0.25, -0.2) is 0 Å². The third-order valence-electron chi connectivity index (χ3n) is 5.98. The minimum absolute atomic E-state index is 0.0491. The predicted molar refractivity (Wildman–Crippen MR) is 116 cm³/mol. The molecule has 1 aromatic heterocycles. The zero-order valence-electron chi connectivity index (χ0n) is 17.1. The first-order chi connectivity index (χ1) is 14.0. The van der Waals surface area contributed by atoms with Crippen LogP contribution in [-0.2, 0) is 17.6 Å². The number of pyridine rings is 1. The Bertz CT molecular complexity index is 992. The standard InChI is InChI=1S/C25H28N2O2/c1-17(2)19-9-7-18(8-10-19)13-25(29)27-15-21(24(28)16-27)14-20-11-12-26-23-6-4-3-5-22(20)23/h3-12,17,21,24,28H,13-16H2,1-2H3/t21-,24-/m1/s1. The third-order valence-corrected chi connectivity index (χ3v) is 5.98. The highest BCUT2D eigenvalue weighted by Crippen LogP contribution is 2.26. The number of fused-ring (bicyclic) bond motifs is 1. The van der Waals surface area contributed by atoms with Crippen LogP contribution in [0, 0.1) is 5.92 Å². The molecule has 1 N–H and O–H groups in total. The Morgan fingerprint density at radius 3 is 2.62 bits per heavy atom. The van der Waals surface area contributed by atoms with Gasteiger partial charge in [-0.1, -0.05) is 56.3 Å². The van der Waals surface area contributed by atoms with Crippen LogP contribution in [0.5, 0.6) is 0 Å². The number of β-amino-alcohol motifs (C(OH)–C–C–N with tert-alkyl or cyclic N) is 1. The first-order valence-corrected chi connectivity index (χ1v) is 10.4. The van der Waals surface area contributed by atoms with Gasteiger partial charge in [0.1, 0.15) is 0 Å². The molecule has 1 aliphatic rings. The second-order valence-electron chi connectivity index (χ2n) is 8.39. The Kier molecular flexibility index (Phi) is 5.63.